The third-order valence-corrected chi connectivity index (χ3v) is 5.12. The minimum Gasteiger partial charge on any atom is -0.454 e. The zero-order valence-corrected chi connectivity index (χ0v) is 15.7. The number of aromatic nitrogens is 3. The molecule has 0 N–H and O–H groups in total. The smallest absolute Gasteiger partial charge is 0.276 e. The third-order valence-electron chi connectivity index (χ3n) is 5.12. The second-order valence-corrected chi connectivity index (χ2v) is 7.09. The Bertz CT molecular complexity index is 1270. The second kappa shape index (κ2) is 6.27. The van der Waals surface area contributed by atoms with Gasteiger partial charge in [0.15, 0.2) is 11.5 Å². The summed E-state index contributed by atoms with van der Waals surface area (Å²) < 4.78 is 14.1. The van der Waals surface area contributed by atoms with Crippen LogP contribution in [0.15, 0.2) is 59.7 Å². The molecule has 0 unspecified atom stereocenters. The lowest BCUT2D eigenvalue weighted by Crippen LogP contribution is -2.22. The summed E-state index contributed by atoms with van der Waals surface area (Å²) in [6.45, 7) is 4.89. The molecule has 4 aromatic rings. The first-order valence-corrected chi connectivity index (χ1v) is 9.13. The number of hydrogen-bond donors (Lipinski definition) is 0. The number of rotatable bonds is 3. The molecule has 1 aliphatic rings. The number of benzene rings is 2. The summed E-state index contributed by atoms with van der Waals surface area (Å²) in [6, 6.07) is 13.8. The standard InChI is InChI=1S/C22H19N3O3/c1-14-3-4-15(2)17(9-14)12-24-7-8-25-19(22(24)26)11-18(23-25)16-5-6-20-21(10-16)28-13-27-20/h3-11H,12-13H2,1-2H3. The number of fused-ring (bicyclic) bond motifs is 2. The lowest BCUT2D eigenvalue weighted by molar-refractivity contribution is 0.174. The Kier molecular flexibility index (Phi) is 3.72. The van der Waals surface area contributed by atoms with E-state index in [0.29, 0.717) is 17.8 Å². The van der Waals surface area contributed by atoms with Crippen molar-refractivity contribution < 1.29 is 9.47 Å². The van der Waals surface area contributed by atoms with E-state index >= 15 is 0 Å². The Labute approximate surface area is 161 Å². The molecule has 0 spiro atoms. The van der Waals surface area contributed by atoms with Gasteiger partial charge in [-0.15, -0.1) is 0 Å². The molecule has 0 saturated carbocycles. The van der Waals surface area contributed by atoms with Crippen molar-refractivity contribution in [1.29, 1.82) is 0 Å². The SMILES string of the molecule is Cc1ccc(C)c(Cn2ccn3nc(-c4ccc5c(c4)OCO5)cc3c2=O)c1. The molecule has 28 heavy (non-hydrogen) atoms. The van der Waals surface area contributed by atoms with Crippen LogP contribution in [0.4, 0.5) is 0 Å². The maximum atomic E-state index is 13.0. The van der Waals surface area contributed by atoms with E-state index in [1.165, 1.54) is 11.1 Å². The van der Waals surface area contributed by atoms with E-state index in [1.807, 2.05) is 30.5 Å². The van der Waals surface area contributed by atoms with Crippen molar-refractivity contribution >= 4 is 5.52 Å². The van der Waals surface area contributed by atoms with E-state index in [1.54, 1.807) is 15.3 Å². The molecule has 2 aromatic heterocycles. The summed E-state index contributed by atoms with van der Waals surface area (Å²) in [5.41, 5.74) is 5.58. The normalized spacial score (nSPS) is 12.6. The van der Waals surface area contributed by atoms with Crippen molar-refractivity contribution in [2.75, 3.05) is 6.79 Å². The van der Waals surface area contributed by atoms with Crippen molar-refractivity contribution in [3.05, 3.63) is 81.9 Å². The molecule has 6 heteroatoms. The first-order valence-electron chi connectivity index (χ1n) is 9.13. The zero-order valence-electron chi connectivity index (χ0n) is 15.7. The Morgan fingerprint density at radius 3 is 2.75 bits per heavy atom. The zero-order chi connectivity index (χ0) is 19.3. The van der Waals surface area contributed by atoms with E-state index in [4.69, 9.17) is 9.47 Å². The van der Waals surface area contributed by atoms with Crippen LogP contribution in [0.2, 0.25) is 0 Å². The molecule has 2 aromatic carbocycles. The maximum Gasteiger partial charge on any atom is 0.276 e. The summed E-state index contributed by atoms with van der Waals surface area (Å²) in [4.78, 5) is 13.0. The van der Waals surface area contributed by atoms with E-state index in [-0.39, 0.29) is 12.4 Å². The van der Waals surface area contributed by atoms with Gasteiger partial charge in [-0.05, 0) is 49.2 Å². The van der Waals surface area contributed by atoms with Crippen LogP contribution in [0.5, 0.6) is 11.5 Å². The van der Waals surface area contributed by atoms with Gasteiger partial charge in [-0.1, -0.05) is 23.8 Å². The van der Waals surface area contributed by atoms with Gasteiger partial charge in [0.2, 0.25) is 6.79 Å². The van der Waals surface area contributed by atoms with Crippen LogP contribution in [-0.2, 0) is 6.54 Å². The molecule has 0 saturated heterocycles. The van der Waals surface area contributed by atoms with Gasteiger partial charge in [0.1, 0.15) is 5.52 Å². The van der Waals surface area contributed by atoms with E-state index < -0.39 is 0 Å². The predicted octanol–water partition coefficient (Wildman–Crippen LogP) is 3.56. The van der Waals surface area contributed by atoms with Crippen LogP contribution < -0.4 is 15.0 Å². The second-order valence-electron chi connectivity index (χ2n) is 7.09. The van der Waals surface area contributed by atoms with Crippen molar-refractivity contribution in [3.63, 3.8) is 0 Å². The van der Waals surface area contributed by atoms with Crippen LogP contribution in [0.1, 0.15) is 16.7 Å². The number of nitrogens with zero attached hydrogens (tertiary/aromatic N) is 3. The molecule has 0 amide bonds. The molecule has 0 bridgehead atoms. The van der Waals surface area contributed by atoms with Gasteiger partial charge in [0.05, 0.1) is 12.2 Å². The third kappa shape index (κ3) is 2.74. The molecule has 3 heterocycles. The van der Waals surface area contributed by atoms with Crippen molar-refractivity contribution in [3.8, 4) is 22.8 Å². The Morgan fingerprint density at radius 1 is 1.00 bits per heavy atom. The molecule has 0 radical (unpaired) electrons. The monoisotopic (exact) mass is 373 g/mol. The van der Waals surface area contributed by atoms with E-state index in [9.17, 15) is 4.79 Å². The highest BCUT2D eigenvalue weighted by molar-refractivity contribution is 5.68. The van der Waals surface area contributed by atoms with Gasteiger partial charge >= 0.3 is 0 Å². The fraction of sp³-hybridized carbons (Fsp3) is 0.182. The Hall–Kier alpha value is -3.54. The van der Waals surface area contributed by atoms with Crippen LogP contribution in [0, 0.1) is 13.8 Å². The van der Waals surface area contributed by atoms with Gasteiger partial charge in [-0.2, -0.15) is 5.10 Å². The van der Waals surface area contributed by atoms with Gasteiger partial charge in [-0.25, -0.2) is 4.52 Å². The molecule has 6 nitrogen and oxygen atoms in total. The molecule has 0 fully saturated rings. The number of aryl methyl sites for hydroxylation is 2. The summed E-state index contributed by atoms with van der Waals surface area (Å²) in [5, 5.41) is 4.56. The average Bonchev–Trinajstić information content (AvgIpc) is 3.33. The molecular weight excluding hydrogens is 354 g/mol. The van der Waals surface area contributed by atoms with Crippen LogP contribution in [0.3, 0.4) is 0 Å². The van der Waals surface area contributed by atoms with Gasteiger partial charge in [0, 0.05) is 18.0 Å². The Balaban J connectivity index is 1.55. The van der Waals surface area contributed by atoms with Crippen LogP contribution >= 0.6 is 0 Å². The van der Waals surface area contributed by atoms with Gasteiger partial charge < -0.3 is 14.0 Å². The van der Waals surface area contributed by atoms with Crippen LogP contribution in [0.25, 0.3) is 16.8 Å². The highest BCUT2D eigenvalue weighted by atomic mass is 16.7. The molecule has 1 aliphatic heterocycles. The van der Waals surface area contributed by atoms with Gasteiger partial charge in [0.25, 0.3) is 5.56 Å². The summed E-state index contributed by atoms with van der Waals surface area (Å²) >= 11 is 0. The van der Waals surface area contributed by atoms with Crippen molar-refractivity contribution in [2.45, 2.75) is 20.4 Å². The maximum absolute atomic E-state index is 13.0. The molecule has 5 rings (SSSR count). The molecule has 140 valence electrons. The minimum absolute atomic E-state index is 0.0668. The van der Waals surface area contributed by atoms with E-state index in [0.717, 1.165) is 22.6 Å². The lowest BCUT2D eigenvalue weighted by atomic mass is 10.1. The first kappa shape index (κ1) is 16.6. The van der Waals surface area contributed by atoms with Crippen molar-refractivity contribution in [2.24, 2.45) is 0 Å². The van der Waals surface area contributed by atoms with E-state index in [2.05, 4.69) is 37.1 Å². The molecule has 0 atom stereocenters. The summed E-state index contributed by atoms with van der Waals surface area (Å²) in [7, 11) is 0. The number of ether oxygens (including phenoxy) is 2. The van der Waals surface area contributed by atoms with Crippen molar-refractivity contribution in [1.82, 2.24) is 14.2 Å². The predicted molar refractivity (Wildman–Crippen MR) is 106 cm³/mol. The first-order chi connectivity index (χ1) is 13.6. The fourth-order valence-corrected chi connectivity index (χ4v) is 3.50. The minimum atomic E-state index is -0.0668. The highest BCUT2D eigenvalue weighted by Gasteiger charge is 2.16. The fourth-order valence-electron chi connectivity index (χ4n) is 3.50. The quantitative estimate of drug-likeness (QED) is 0.551. The average molecular weight is 373 g/mol. The number of hydrogen-bond acceptors (Lipinski definition) is 4. The summed E-state index contributed by atoms with van der Waals surface area (Å²) in [5.74, 6) is 1.42. The molecular formula is C22H19N3O3. The molecule has 0 aliphatic carbocycles. The van der Waals surface area contributed by atoms with Gasteiger partial charge in [-0.3, -0.25) is 4.79 Å². The highest BCUT2D eigenvalue weighted by Crippen LogP contribution is 2.35. The largest absolute Gasteiger partial charge is 0.454 e. The Morgan fingerprint density at radius 2 is 1.86 bits per heavy atom. The topological polar surface area (TPSA) is 57.8 Å². The lowest BCUT2D eigenvalue weighted by Gasteiger charge is -2.10. The summed E-state index contributed by atoms with van der Waals surface area (Å²) in [6.07, 6.45) is 3.60. The van der Waals surface area contributed by atoms with Crippen LogP contribution in [-0.4, -0.2) is 21.0 Å².